The summed E-state index contributed by atoms with van der Waals surface area (Å²) in [6.45, 7) is 3.23. The Morgan fingerprint density at radius 1 is 1.43 bits per heavy atom. The van der Waals surface area contributed by atoms with Crippen molar-refractivity contribution in [2.45, 2.75) is 25.4 Å². The van der Waals surface area contributed by atoms with Crippen molar-refractivity contribution >= 4 is 21.8 Å². The summed E-state index contributed by atoms with van der Waals surface area (Å²) in [6, 6.07) is 4.04. The van der Waals surface area contributed by atoms with Crippen LogP contribution in [0.15, 0.2) is 22.7 Å². The standard InChI is InChI=1S/C15H20BrFN2O2/c16-14-10-11(17)2-3-13(14)15(20)19-6-1-9-21-12-4-7-18-8-5-12/h2-3,10,12,18H,1,4-9H2,(H,19,20). The van der Waals surface area contributed by atoms with Crippen molar-refractivity contribution in [3.8, 4) is 0 Å². The topological polar surface area (TPSA) is 50.4 Å². The number of ether oxygens (including phenoxy) is 1. The monoisotopic (exact) mass is 358 g/mol. The number of carbonyl (C=O) groups excluding carboxylic acids is 1. The number of hydrogen-bond acceptors (Lipinski definition) is 3. The van der Waals surface area contributed by atoms with Crippen LogP contribution in [0.2, 0.25) is 0 Å². The van der Waals surface area contributed by atoms with Crippen LogP contribution in [0, 0.1) is 5.82 Å². The molecule has 1 amide bonds. The van der Waals surface area contributed by atoms with Crippen molar-refractivity contribution in [1.29, 1.82) is 0 Å². The molecule has 6 heteroatoms. The predicted octanol–water partition coefficient (Wildman–Crippen LogP) is 2.48. The minimum absolute atomic E-state index is 0.205. The Bertz CT molecular complexity index is 479. The van der Waals surface area contributed by atoms with Gasteiger partial charge < -0.3 is 15.4 Å². The second-order valence-electron chi connectivity index (χ2n) is 5.05. The zero-order valence-electron chi connectivity index (χ0n) is 11.8. The summed E-state index contributed by atoms with van der Waals surface area (Å²) in [4.78, 5) is 11.9. The van der Waals surface area contributed by atoms with Crippen LogP contribution >= 0.6 is 15.9 Å². The maximum atomic E-state index is 13.0. The van der Waals surface area contributed by atoms with Gasteiger partial charge in [-0.05, 0) is 66.5 Å². The van der Waals surface area contributed by atoms with E-state index < -0.39 is 0 Å². The summed E-state index contributed by atoms with van der Waals surface area (Å²) in [7, 11) is 0. The van der Waals surface area contributed by atoms with E-state index in [1.165, 1.54) is 18.2 Å². The van der Waals surface area contributed by atoms with E-state index in [0.717, 1.165) is 32.4 Å². The highest BCUT2D eigenvalue weighted by Gasteiger charge is 2.13. The first-order valence-corrected chi connectivity index (χ1v) is 8.01. The largest absolute Gasteiger partial charge is 0.378 e. The molecule has 0 radical (unpaired) electrons. The highest BCUT2D eigenvalue weighted by Crippen LogP contribution is 2.17. The van der Waals surface area contributed by atoms with Crippen molar-refractivity contribution in [2.24, 2.45) is 0 Å². The van der Waals surface area contributed by atoms with Crippen LogP contribution in [0.25, 0.3) is 0 Å². The van der Waals surface area contributed by atoms with Crippen LogP contribution in [0.3, 0.4) is 0 Å². The molecular weight excluding hydrogens is 339 g/mol. The maximum absolute atomic E-state index is 13.0. The third-order valence-electron chi connectivity index (χ3n) is 3.42. The average molecular weight is 359 g/mol. The lowest BCUT2D eigenvalue weighted by atomic mass is 10.1. The molecular formula is C15H20BrFN2O2. The lowest BCUT2D eigenvalue weighted by molar-refractivity contribution is 0.0318. The first-order chi connectivity index (χ1) is 10.2. The molecule has 21 heavy (non-hydrogen) atoms. The Kier molecular flexibility index (Phi) is 6.60. The molecule has 0 saturated carbocycles. The normalized spacial score (nSPS) is 15.9. The van der Waals surface area contributed by atoms with Gasteiger partial charge in [-0.3, -0.25) is 4.79 Å². The molecule has 0 atom stereocenters. The number of carbonyl (C=O) groups is 1. The summed E-state index contributed by atoms with van der Waals surface area (Å²) in [6.07, 6.45) is 3.21. The number of hydrogen-bond donors (Lipinski definition) is 2. The zero-order valence-corrected chi connectivity index (χ0v) is 13.4. The highest BCUT2D eigenvalue weighted by molar-refractivity contribution is 9.10. The van der Waals surface area contributed by atoms with Crippen LogP contribution in [-0.2, 0) is 4.74 Å². The molecule has 1 aliphatic rings. The minimum Gasteiger partial charge on any atom is -0.378 e. The van der Waals surface area contributed by atoms with Crippen molar-refractivity contribution in [2.75, 3.05) is 26.2 Å². The van der Waals surface area contributed by atoms with Gasteiger partial charge in [0.25, 0.3) is 5.91 Å². The van der Waals surface area contributed by atoms with Gasteiger partial charge in [-0.2, -0.15) is 0 Å². The molecule has 2 rings (SSSR count). The van der Waals surface area contributed by atoms with Gasteiger partial charge in [0.1, 0.15) is 5.82 Å². The minimum atomic E-state index is -0.367. The third-order valence-corrected chi connectivity index (χ3v) is 4.08. The molecule has 0 spiro atoms. The van der Waals surface area contributed by atoms with Crippen LogP contribution in [0.1, 0.15) is 29.6 Å². The van der Waals surface area contributed by atoms with Crippen molar-refractivity contribution < 1.29 is 13.9 Å². The van der Waals surface area contributed by atoms with Gasteiger partial charge in [0.2, 0.25) is 0 Å². The fourth-order valence-electron chi connectivity index (χ4n) is 2.26. The van der Waals surface area contributed by atoms with Gasteiger partial charge >= 0.3 is 0 Å². The molecule has 1 heterocycles. The molecule has 1 saturated heterocycles. The number of halogens is 2. The summed E-state index contributed by atoms with van der Waals surface area (Å²) < 4.78 is 19.2. The van der Waals surface area contributed by atoms with E-state index in [2.05, 4.69) is 26.6 Å². The van der Waals surface area contributed by atoms with Crippen molar-refractivity contribution in [3.05, 3.63) is 34.1 Å². The van der Waals surface area contributed by atoms with E-state index in [1.807, 2.05) is 0 Å². The number of rotatable bonds is 6. The van der Waals surface area contributed by atoms with Gasteiger partial charge in [-0.25, -0.2) is 4.39 Å². The molecule has 116 valence electrons. The van der Waals surface area contributed by atoms with Crippen LogP contribution in [0.5, 0.6) is 0 Å². The van der Waals surface area contributed by atoms with Crippen LogP contribution in [-0.4, -0.2) is 38.3 Å². The summed E-state index contributed by atoms with van der Waals surface area (Å²) in [5.74, 6) is -0.572. The summed E-state index contributed by atoms with van der Waals surface area (Å²) >= 11 is 3.19. The van der Waals surface area contributed by atoms with Crippen LogP contribution < -0.4 is 10.6 Å². The Morgan fingerprint density at radius 2 is 2.19 bits per heavy atom. The molecule has 1 fully saturated rings. The van der Waals surface area contributed by atoms with Gasteiger partial charge in [-0.15, -0.1) is 0 Å². The Balaban J connectivity index is 1.64. The Morgan fingerprint density at radius 3 is 2.90 bits per heavy atom. The molecule has 1 aliphatic heterocycles. The van der Waals surface area contributed by atoms with E-state index in [1.54, 1.807) is 0 Å². The SMILES string of the molecule is O=C(NCCCOC1CCNCC1)c1ccc(F)cc1Br. The smallest absolute Gasteiger partial charge is 0.252 e. The van der Waals surface area contributed by atoms with E-state index in [-0.39, 0.29) is 11.7 Å². The maximum Gasteiger partial charge on any atom is 0.252 e. The molecule has 0 aromatic heterocycles. The number of nitrogens with one attached hydrogen (secondary N) is 2. The lowest BCUT2D eigenvalue weighted by Crippen LogP contribution is -2.33. The highest BCUT2D eigenvalue weighted by atomic mass is 79.9. The van der Waals surface area contributed by atoms with Crippen molar-refractivity contribution in [1.82, 2.24) is 10.6 Å². The molecule has 4 nitrogen and oxygen atoms in total. The zero-order chi connectivity index (χ0) is 15.1. The fraction of sp³-hybridized carbons (Fsp3) is 0.533. The first-order valence-electron chi connectivity index (χ1n) is 7.22. The Hall–Kier alpha value is -0.980. The van der Waals surface area contributed by atoms with Gasteiger partial charge in [-0.1, -0.05) is 0 Å². The van der Waals surface area contributed by atoms with Gasteiger partial charge in [0, 0.05) is 17.6 Å². The van der Waals surface area contributed by atoms with Crippen molar-refractivity contribution in [3.63, 3.8) is 0 Å². The van der Waals surface area contributed by atoms with E-state index in [4.69, 9.17) is 4.74 Å². The van der Waals surface area contributed by atoms with Crippen LogP contribution in [0.4, 0.5) is 4.39 Å². The van der Waals surface area contributed by atoms with E-state index >= 15 is 0 Å². The van der Waals surface area contributed by atoms with E-state index in [9.17, 15) is 9.18 Å². The molecule has 1 aromatic rings. The first kappa shape index (κ1) is 16.4. The number of amides is 1. The molecule has 0 unspecified atom stereocenters. The third kappa shape index (κ3) is 5.37. The second kappa shape index (κ2) is 8.46. The molecule has 2 N–H and O–H groups in total. The van der Waals surface area contributed by atoms with E-state index in [0.29, 0.717) is 29.3 Å². The summed E-state index contributed by atoms with van der Waals surface area (Å²) in [5, 5.41) is 6.10. The Labute approximate surface area is 132 Å². The van der Waals surface area contributed by atoms with Gasteiger partial charge in [0.15, 0.2) is 0 Å². The summed E-state index contributed by atoms with van der Waals surface area (Å²) in [5.41, 5.74) is 0.440. The second-order valence-corrected chi connectivity index (χ2v) is 5.91. The van der Waals surface area contributed by atoms with Gasteiger partial charge in [0.05, 0.1) is 11.7 Å². The predicted molar refractivity (Wildman–Crippen MR) is 82.9 cm³/mol. The quantitative estimate of drug-likeness (QED) is 0.768. The number of benzene rings is 1. The average Bonchev–Trinajstić information content (AvgIpc) is 2.47. The molecule has 0 bridgehead atoms. The molecule has 1 aromatic carbocycles. The number of piperidine rings is 1. The lowest BCUT2D eigenvalue weighted by Gasteiger charge is -2.22. The molecule has 0 aliphatic carbocycles. The fourth-order valence-corrected chi connectivity index (χ4v) is 2.79.